The van der Waals surface area contributed by atoms with Gasteiger partial charge in [0.05, 0.1) is 6.61 Å². The highest BCUT2D eigenvalue weighted by molar-refractivity contribution is 7.98. The van der Waals surface area contributed by atoms with E-state index in [9.17, 15) is 15.0 Å². The number of pyridine rings is 1. The number of aromatic nitrogens is 1. The molecule has 0 spiro atoms. The van der Waals surface area contributed by atoms with Crippen LogP contribution >= 0.6 is 11.8 Å². The third kappa shape index (κ3) is 2.45. The van der Waals surface area contributed by atoms with Crippen molar-refractivity contribution in [3.05, 3.63) is 40.8 Å². The van der Waals surface area contributed by atoms with Crippen LogP contribution in [-0.2, 0) is 4.74 Å². The van der Waals surface area contributed by atoms with E-state index in [1.54, 1.807) is 12.1 Å². The number of aliphatic hydroxyl groups excluding tert-OH is 3. The zero-order valence-corrected chi connectivity index (χ0v) is 12.7. The molecule has 1 aromatic heterocycles. The van der Waals surface area contributed by atoms with Crippen LogP contribution < -0.4 is 5.56 Å². The van der Waals surface area contributed by atoms with Crippen molar-refractivity contribution >= 4 is 22.5 Å². The maximum atomic E-state index is 12.6. The van der Waals surface area contributed by atoms with Crippen molar-refractivity contribution in [2.24, 2.45) is 0 Å². The molecule has 3 rings (SSSR count). The summed E-state index contributed by atoms with van der Waals surface area (Å²) in [5.74, 6) is 0. The lowest BCUT2D eigenvalue weighted by Crippen LogP contribution is -2.35. The van der Waals surface area contributed by atoms with Crippen molar-refractivity contribution in [3.63, 3.8) is 0 Å². The largest absolute Gasteiger partial charge is 0.394 e. The minimum atomic E-state index is -1.27. The minimum absolute atomic E-state index is 0.303. The van der Waals surface area contributed by atoms with Crippen LogP contribution in [0.25, 0.3) is 10.8 Å². The van der Waals surface area contributed by atoms with Gasteiger partial charge in [-0.05, 0) is 29.8 Å². The first-order valence-electron chi connectivity index (χ1n) is 6.88. The van der Waals surface area contributed by atoms with E-state index in [1.807, 2.05) is 18.4 Å². The van der Waals surface area contributed by atoms with E-state index in [4.69, 9.17) is 9.84 Å². The fourth-order valence-corrected chi connectivity index (χ4v) is 3.11. The molecule has 1 fully saturated rings. The lowest BCUT2D eigenvalue weighted by molar-refractivity contribution is -0.0541. The second-order valence-corrected chi connectivity index (χ2v) is 6.09. The van der Waals surface area contributed by atoms with E-state index in [1.165, 1.54) is 22.5 Å². The molecule has 118 valence electrons. The predicted molar refractivity (Wildman–Crippen MR) is 83.0 cm³/mol. The van der Waals surface area contributed by atoms with Crippen molar-refractivity contribution < 1.29 is 20.1 Å². The summed E-state index contributed by atoms with van der Waals surface area (Å²) < 4.78 is 6.68. The average Bonchev–Trinajstić information content (AvgIpc) is 2.83. The number of fused-ring (bicyclic) bond motifs is 1. The average molecular weight is 323 g/mol. The highest BCUT2D eigenvalue weighted by Gasteiger charge is 2.43. The number of hydrogen-bond acceptors (Lipinski definition) is 6. The molecule has 2 aromatic rings. The Morgan fingerprint density at radius 1 is 1.27 bits per heavy atom. The van der Waals surface area contributed by atoms with Crippen LogP contribution in [0.5, 0.6) is 0 Å². The van der Waals surface area contributed by atoms with E-state index in [0.717, 1.165) is 10.3 Å². The van der Waals surface area contributed by atoms with Gasteiger partial charge in [0.2, 0.25) is 0 Å². The van der Waals surface area contributed by atoms with E-state index >= 15 is 0 Å². The topological polar surface area (TPSA) is 91.9 Å². The normalized spacial score (nSPS) is 28.4. The first-order chi connectivity index (χ1) is 10.6. The minimum Gasteiger partial charge on any atom is -0.394 e. The Balaban J connectivity index is 2.08. The standard InChI is InChI=1S/C15H17NO5S/c1-22-9-3-2-8-4-5-16(14(20)10(8)6-9)15-13(19)12(18)11(7-17)21-15/h2-6,11-13,15,17-19H,7H2,1H3/t11-,12-,13-,15-/m1/s1. The van der Waals surface area contributed by atoms with E-state index in [-0.39, 0.29) is 5.56 Å². The molecule has 22 heavy (non-hydrogen) atoms. The molecule has 0 amide bonds. The van der Waals surface area contributed by atoms with Gasteiger partial charge in [0.15, 0.2) is 6.23 Å². The molecule has 0 saturated carbocycles. The van der Waals surface area contributed by atoms with Crippen molar-refractivity contribution in [2.75, 3.05) is 12.9 Å². The molecule has 4 atom stereocenters. The van der Waals surface area contributed by atoms with Crippen molar-refractivity contribution in [1.82, 2.24) is 4.57 Å². The molecule has 1 saturated heterocycles. The van der Waals surface area contributed by atoms with Crippen molar-refractivity contribution in [1.29, 1.82) is 0 Å². The molecule has 1 aromatic carbocycles. The molecule has 1 aliphatic heterocycles. The van der Waals surface area contributed by atoms with Gasteiger partial charge < -0.3 is 20.1 Å². The van der Waals surface area contributed by atoms with E-state index in [2.05, 4.69) is 0 Å². The second kappa shape index (κ2) is 6.02. The summed E-state index contributed by atoms with van der Waals surface area (Å²) in [5, 5.41) is 30.3. The highest BCUT2D eigenvalue weighted by Crippen LogP contribution is 2.29. The van der Waals surface area contributed by atoms with Gasteiger partial charge in [-0.3, -0.25) is 9.36 Å². The lowest BCUT2D eigenvalue weighted by Gasteiger charge is -2.18. The van der Waals surface area contributed by atoms with Gasteiger partial charge >= 0.3 is 0 Å². The number of benzene rings is 1. The second-order valence-electron chi connectivity index (χ2n) is 5.21. The molecule has 0 unspecified atom stereocenters. The van der Waals surface area contributed by atoms with E-state index < -0.39 is 31.1 Å². The Bertz CT molecular complexity index is 746. The zero-order chi connectivity index (χ0) is 15.9. The number of aliphatic hydroxyl groups is 3. The first kappa shape index (κ1) is 15.5. The first-order valence-corrected chi connectivity index (χ1v) is 8.10. The Hall–Kier alpha value is -1.38. The molecule has 1 aliphatic rings. The van der Waals surface area contributed by atoms with Gasteiger partial charge in [-0.25, -0.2) is 0 Å². The third-order valence-electron chi connectivity index (χ3n) is 3.93. The molecular weight excluding hydrogens is 306 g/mol. The van der Waals surface area contributed by atoms with Gasteiger partial charge in [0, 0.05) is 16.5 Å². The summed E-state index contributed by atoms with van der Waals surface area (Å²) >= 11 is 1.53. The molecule has 3 N–H and O–H groups in total. The number of ether oxygens (including phenoxy) is 1. The zero-order valence-electron chi connectivity index (χ0n) is 11.9. The SMILES string of the molecule is CSc1ccc2ccn([C@@H]3O[C@H](CO)[C@@H](O)[C@H]3O)c(=O)c2c1. The number of nitrogens with zero attached hydrogens (tertiary/aromatic N) is 1. The Labute approximate surface area is 131 Å². The highest BCUT2D eigenvalue weighted by atomic mass is 32.2. The van der Waals surface area contributed by atoms with Crippen LogP contribution in [0, 0.1) is 0 Å². The summed E-state index contributed by atoms with van der Waals surface area (Å²) in [6.45, 7) is -0.423. The van der Waals surface area contributed by atoms with Crippen LogP contribution in [0.15, 0.2) is 40.2 Å². The maximum Gasteiger partial charge on any atom is 0.260 e. The van der Waals surface area contributed by atoms with Crippen molar-refractivity contribution in [3.8, 4) is 0 Å². The Kier molecular flexibility index (Phi) is 4.24. The van der Waals surface area contributed by atoms with Crippen LogP contribution in [0.2, 0.25) is 0 Å². The van der Waals surface area contributed by atoms with Crippen LogP contribution in [0.4, 0.5) is 0 Å². The predicted octanol–water partition coefficient (Wildman–Crippen LogP) is 0.335. The summed E-state index contributed by atoms with van der Waals surface area (Å²) in [6.07, 6.45) is -0.952. The summed E-state index contributed by atoms with van der Waals surface area (Å²) in [6, 6.07) is 7.35. The Morgan fingerprint density at radius 3 is 2.68 bits per heavy atom. The van der Waals surface area contributed by atoms with Gasteiger partial charge in [0.25, 0.3) is 5.56 Å². The van der Waals surface area contributed by atoms with Crippen molar-refractivity contribution in [2.45, 2.75) is 29.4 Å². The monoisotopic (exact) mass is 323 g/mol. The van der Waals surface area contributed by atoms with Gasteiger partial charge in [-0.15, -0.1) is 11.8 Å². The molecular formula is C15H17NO5S. The van der Waals surface area contributed by atoms with Crippen LogP contribution in [-0.4, -0.2) is 51.1 Å². The third-order valence-corrected chi connectivity index (χ3v) is 4.66. The van der Waals surface area contributed by atoms with Crippen LogP contribution in [0.1, 0.15) is 6.23 Å². The fourth-order valence-electron chi connectivity index (χ4n) is 2.67. The molecule has 0 aliphatic carbocycles. The number of rotatable bonds is 3. The van der Waals surface area contributed by atoms with E-state index in [0.29, 0.717) is 5.39 Å². The quantitative estimate of drug-likeness (QED) is 0.705. The molecule has 0 bridgehead atoms. The van der Waals surface area contributed by atoms with Gasteiger partial charge in [-0.1, -0.05) is 6.07 Å². The smallest absolute Gasteiger partial charge is 0.260 e. The summed E-state index contributed by atoms with van der Waals surface area (Å²) in [5.41, 5.74) is -0.303. The number of hydrogen-bond donors (Lipinski definition) is 3. The molecule has 0 radical (unpaired) electrons. The molecule has 7 heteroatoms. The number of thioether (sulfide) groups is 1. The van der Waals surface area contributed by atoms with Crippen LogP contribution in [0.3, 0.4) is 0 Å². The molecule has 6 nitrogen and oxygen atoms in total. The summed E-state index contributed by atoms with van der Waals surface area (Å²) in [4.78, 5) is 13.6. The summed E-state index contributed by atoms with van der Waals surface area (Å²) in [7, 11) is 0. The lowest BCUT2D eigenvalue weighted by atomic mass is 10.1. The Morgan fingerprint density at radius 2 is 2.05 bits per heavy atom. The maximum absolute atomic E-state index is 12.6. The molecule has 2 heterocycles. The fraction of sp³-hybridized carbons (Fsp3) is 0.400. The van der Waals surface area contributed by atoms with Gasteiger partial charge in [0.1, 0.15) is 18.3 Å². The van der Waals surface area contributed by atoms with Gasteiger partial charge in [-0.2, -0.15) is 0 Å².